The highest BCUT2D eigenvalue weighted by Crippen LogP contribution is 2.34. The van der Waals surface area contributed by atoms with Crippen LogP contribution in [-0.2, 0) is 6.54 Å². The van der Waals surface area contributed by atoms with E-state index in [4.69, 9.17) is 9.73 Å². The smallest absolute Gasteiger partial charge is 0.124 e. The van der Waals surface area contributed by atoms with E-state index < -0.39 is 0 Å². The van der Waals surface area contributed by atoms with Gasteiger partial charge in [0.25, 0.3) is 0 Å². The predicted octanol–water partition coefficient (Wildman–Crippen LogP) is 5.05. The third-order valence-corrected chi connectivity index (χ3v) is 6.20. The second-order valence-electron chi connectivity index (χ2n) is 8.21. The van der Waals surface area contributed by atoms with Crippen LogP contribution in [0.3, 0.4) is 0 Å². The van der Waals surface area contributed by atoms with Gasteiger partial charge in [-0.3, -0.25) is 9.98 Å². The molecule has 5 nitrogen and oxygen atoms in total. The van der Waals surface area contributed by atoms with Crippen LogP contribution in [0, 0.1) is 0 Å². The van der Waals surface area contributed by atoms with E-state index in [0.717, 1.165) is 61.6 Å². The number of pyridine rings is 1. The summed E-state index contributed by atoms with van der Waals surface area (Å²) in [4.78, 5) is 11.7. The predicted molar refractivity (Wildman–Crippen MR) is 129 cm³/mol. The van der Waals surface area contributed by atoms with Crippen LogP contribution in [0.4, 0.5) is 0 Å². The Bertz CT molecular complexity index is 1030. The number of hydrogen-bond acceptors (Lipinski definition) is 5. The van der Waals surface area contributed by atoms with E-state index >= 15 is 0 Å². The molecule has 1 fully saturated rings. The van der Waals surface area contributed by atoms with Crippen LogP contribution in [0.5, 0.6) is 11.5 Å². The van der Waals surface area contributed by atoms with Gasteiger partial charge in [-0.15, -0.1) is 0 Å². The van der Waals surface area contributed by atoms with Crippen LogP contribution in [0.25, 0.3) is 0 Å². The van der Waals surface area contributed by atoms with E-state index in [0.29, 0.717) is 12.5 Å². The van der Waals surface area contributed by atoms with Gasteiger partial charge in [0.15, 0.2) is 0 Å². The fraction of sp³-hybridized carbons (Fsp3) is 0.333. The number of aromatic nitrogens is 1. The Hall–Kier alpha value is -3.18. The molecule has 1 N–H and O–H groups in total. The monoisotopic (exact) mass is 429 g/mol. The number of piperidine rings is 1. The molecule has 0 bridgehead atoms. The molecule has 0 amide bonds. The summed E-state index contributed by atoms with van der Waals surface area (Å²) in [5, 5.41) is 10.4. The second-order valence-corrected chi connectivity index (χ2v) is 8.21. The molecule has 0 atom stereocenters. The molecule has 166 valence electrons. The van der Waals surface area contributed by atoms with Gasteiger partial charge in [-0.2, -0.15) is 0 Å². The number of rotatable bonds is 8. The first-order valence-electron chi connectivity index (χ1n) is 11.3. The Labute approximate surface area is 190 Å². The Morgan fingerprint density at radius 3 is 2.53 bits per heavy atom. The molecular formula is C27H31N3O2. The lowest BCUT2D eigenvalue weighted by Crippen LogP contribution is -2.34. The van der Waals surface area contributed by atoms with Crippen LogP contribution >= 0.6 is 0 Å². The minimum Gasteiger partial charge on any atom is -0.507 e. The van der Waals surface area contributed by atoms with Crippen LogP contribution in [0.2, 0.25) is 0 Å². The topological polar surface area (TPSA) is 58.0 Å². The standard InChI is InChI=1S/C27H31N3O2/c1-32-27-12-5-3-9-23(27)21-13-17-30(18-14-21)19-15-25(24-10-2-4-11-26(24)31)29-20-22-8-6-7-16-28-22/h2-12,16,21,31H,13-15,17-20H2,1H3. The highest BCUT2D eigenvalue weighted by Gasteiger charge is 2.23. The van der Waals surface area contributed by atoms with Crippen molar-refractivity contribution >= 4 is 5.71 Å². The number of benzene rings is 2. The van der Waals surface area contributed by atoms with Crippen molar-refractivity contribution in [3.8, 4) is 11.5 Å². The van der Waals surface area contributed by atoms with Crippen molar-refractivity contribution in [2.24, 2.45) is 4.99 Å². The van der Waals surface area contributed by atoms with Crippen molar-refractivity contribution < 1.29 is 9.84 Å². The quantitative estimate of drug-likeness (QED) is 0.509. The van der Waals surface area contributed by atoms with Crippen LogP contribution in [-0.4, -0.2) is 47.4 Å². The zero-order chi connectivity index (χ0) is 22.2. The van der Waals surface area contributed by atoms with Gasteiger partial charge in [0.2, 0.25) is 0 Å². The van der Waals surface area contributed by atoms with Crippen LogP contribution in [0.1, 0.15) is 42.0 Å². The first-order valence-corrected chi connectivity index (χ1v) is 11.3. The Morgan fingerprint density at radius 1 is 1.03 bits per heavy atom. The average Bonchev–Trinajstić information content (AvgIpc) is 2.86. The van der Waals surface area contributed by atoms with E-state index in [2.05, 4.69) is 28.1 Å². The highest BCUT2D eigenvalue weighted by molar-refractivity contribution is 6.02. The summed E-state index contributed by atoms with van der Waals surface area (Å²) in [6, 6.07) is 21.7. The van der Waals surface area contributed by atoms with Gasteiger partial charge < -0.3 is 14.7 Å². The molecule has 3 aromatic rings. The van der Waals surface area contributed by atoms with Gasteiger partial charge in [-0.05, 0) is 67.7 Å². The molecule has 1 aromatic heterocycles. The first-order chi connectivity index (χ1) is 15.7. The van der Waals surface area contributed by atoms with Gasteiger partial charge in [-0.1, -0.05) is 36.4 Å². The van der Waals surface area contributed by atoms with Crippen molar-refractivity contribution in [1.82, 2.24) is 9.88 Å². The molecule has 32 heavy (non-hydrogen) atoms. The molecule has 2 aromatic carbocycles. The number of likely N-dealkylation sites (tertiary alicyclic amines) is 1. The number of ether oxygens (including phenoxy) is 1. The number of aliphatic imine (C=N–C) groups is 1. The van der Waals surface area contributed by atoms with Crippen molar-refractivity contribution in [2.75, 3.05) is 26.7 Å². The summed E-state index contributed by atoms with van der Waals surface area (Å²) in [6.45, 7) is 3.54. The molecule has 5 heteroatoms. The number of methoxy groups -OCH3 is 1. The fourth-order valence-corrected chi connectivity index (χ4v) is 4.42. The molecule has 1 aliphatic rings. The van der Waals surface area contributed by atoms with Gasteiger partial charge in [0, 0.05) is 30.4 Å². The van der Waals surface area contributed by atoms with Crippen LogP contribution in [0.15, 0.2) is 77.9 Å². The maximum atomic E-state index is 10.4. The SMILES string of the molecule is COc1ccccc1C1CCN(CCC(=NCc2ccccn2)c2ccccc2O)CC1. The summed E-state index contributed by atoms with van der Waals surface area (Å²) in [5.41, 5.74) is 3.99. The van der Waals surface area contributed by atoms with Crippen LogP contribution < -0.4 is 4.74 Å². The van der Waals surface area contributed by atoms with E-state index in [-0.39, 0.29) is 5.75 Å². The number of phenolic OH excluding ortho intramolecular Hbond substituents is 1. The second kappa shape index (κ2) is 10.9. The Balaban J connectivity index is 1.40. The normalized spacial score (nSPS) is 15.6. The number of hydrogen-bond donors (Lipinski definition) is 1. The number of aromatic hydroxyl groups is 1. The van der Waals surface area contributed by atoms with Crippen molar-refractivity contribution in [1.29, 1.82) is 0 Å². The molecule has 0 spiro atoms. The molecule has 4 rings (SSSR count). The highest BCUT2D eigenvalue weighted by atomic mass is 16.5. The maximum absolute atomic E-state index is 10.4. The van der Waals surface area contributed by atoms with Gasteiger partial charge >= 0.3 is 0 Å². The summed E-state index contributed by atoms with van der Waals surface area (Å²) in [5.74, 6) is 1.81. The largest absolute Gasteiger partial charge is 0.507 e. The first kappa shape index (κ1) is 22.0. The minimum atomic E-state index is 0.280. The van der Waals surface area contributed by atoms with Gasteiger partial charge in [0.1, 0.15) is 11.5 Å². The molecule has 0 aliphatic carbocycles. The number of para-hydroxylation sites is 2. The summed E-state index contributed by atoms with van der Waals surface area (Å²) >= 11 is 0. The molecule has 2 heterocycles. The Morgan fingerprint density at radius 2 is 1.78 bits per heavy atom. The summed E-state index contributed by atoms with van der Waals surface area (Å²) in [7, 11) is 1.75. The molecule has 1 aliphatic heterocycles. The summed E-state index contributed by atoms with van der Waals surface area (Å²) < 4.78 is 5.57. The van der Waals surface area contributed by atoms with Crippen molar-refractivity contribution in [3.63, 3.8) is 0 Å². The molecular weight excluding hydrogens is 398 g/mol. The Kier molecular flexibility index (Phi) is 7.51. The zero-order valence-electron chi connectivity index (χ0n) is 18.7. The zero-order valence-corrected chi connectivity index (χ0v) is 18.7. The van der Waals surface area contributed by atoms with Crippen molar-refractivity contribution in [3.05, 3.63) is 89.7 Å². The number of phenols is 1. The molecule has 1 saturated heterocycles. The minimum absolute atomic E-state index is 0.280. The maximum Gasteiger partial charge on any atom is 0.124 e. The average molecular weight is 430 g/mol. The fourth-order valence-electron chi connectivity index (χ4n) is 4.42. The lowest BCUT2D eigenvalue weighted by atomic mass is 9.88. The van der Waals surface area contributed by atoms with Crippen molar-refractivity contribution in [2.45, 2.75) is 31.7 Å². The van der Waals surface area contributed by atoms with E-state index in [1.54, 1.807) is 19.4 Å². The van der Waals surface area contributed by atoms with Gasteiger partial charge in [0.05, 0.1) is 19.3 Å². The lowest BCUT2D eigenvalue weighted by molar-refractivity contribution is 0.216. The third kappa shape index (κ3) is 5.54. The van der Waals surface area contributed by atoms with E-state index in [1.807, 2.05) is 42.5 Å². The number of nitrogens with zero attached hydrogens (tertiary/aromatic N) is 3. The van der Waals surface area contributed by atoms with E-state index in [9.17, 15) is 5.11 Å². The molecule has 0 unspecified atom stereocenters. The lowest BCUT2D eigenvalue weighted by Gasteiger charge is -2.32. The third-order valence-electron chi connectivity index (χ3n) is 6.20. The molecule has 0 saturated carbocycles. The summed E-state index contributed by atoms with van der Waals surface area (Å²) in [6.07, 6.45) is 4.83. The van der Waals surface area contributed by atoms with Gasteiger partial charge in [-0.25, -0.2) is 0 Å². The molecule has 0 radical (unpaired) electrons. The van der Waals surface area contributed by atoms with E-state index in [1.165, 1.54) is 5.56 Å².